The highest BCUT2D eigenvalue weighted by atomic mass is 32.2. The fourth-order valence-electron chi connectivity index (χ4n) is 2.69. The second-order valence-electron chi connectivity index (χ2n) is 6.12. The molecule has 22 heavy (non-hydrogen) atoms. The number of rotatable bonds is 6. The van der Waals surface area contributed by atoms with E-state index >= 15 is 0 Å². The summed E-state index contributed by atoms with van der Waals surface area (Å²) in [6.07, 6.45) is 2.76. The Morgan fingerprint density at radius 1 is 1.32 bits per heavy atom. The van der Waals surface area contributed by atoms with Crippen molar-refractivity contribution in [3.8, 4) is 0 Å². The quantitative estimate of drug-likeness (QED) is 0.815. The van der Waals surface area contributed by atoms with Crippen LogP contribution in [0.2, 0.25) is 0 Å². The molecule has 1 fully saturated rings. The smallest absolute Gasteiger partial charge is 0.335 e. The maximum atomic E-state index is 12.2. The van der Waals surface area contributed by atoms with Gasteiger partial charge in [0.25, 0.3) is 0 Å². The summed E-state index contributed by atoms with van der Waals surface area (Å²) < 4.78 is 0. The van der Waals surface area contributed by atoms with Gasteiger partial charge in [-0.3, -0.25) is 4.79 Å². The first-order valence-corrected chi connectivity index (χ1v) is 8.71. The first-order valence-electron chi connectivity index (χ1n) is 7.73. The molecular formula is C17H23NO3S. The van der Waals surface area contributed by atoms with E-state index in [-0.39, 0.29) is 5.91 Å². The second kappa shape index (κ2) is 7.68. The first kappa shape index (κ1) is 16.9. The average Bonchev–Trinajstić information content (AvgIpc) is 2.93. The molecule has 0 spiro atoms. The average molecular weight is 321 g/mol. The number of hydrogen-bond donors (Lipinski definition) is 1. The molecule has 0 unspecified atom stereocenters. The largest absolute Gasteiger partial charge is 0.478 e. The Bertz CT molecular complexity index is 527. The first-order chi connectivity index (χ1) is 10.5. The van der Waals surface area contributed by atoms with Crippen LogP contribution in [0.25, 0.3) is 0 Å². The van der Waals surface area contributed by atoms with Gasteiger partial charge in [-0.05, 0) is 43.0 Å². The van der Waals surface area contributed by atoms with Gasteiger partial charge in [0.05, 0.1) is 5.56 Å². The molecule has 0 bridgehead atoms. The minimum atomic E-state index is -0.905. The van der Waals surface area contributed by atoms with E-state index in [2.05, 4.69) is 13.8 Å². The van der Waals surface area contributed by atoms with Crippen molar-refractivity contribution in [1.82, 2.24) is 4.90 Å². The number of hydrogen-bond acceptors (Lipinski definition) is 3. The van der Waals surface area contributed by atoms with Gasteiger partial charge in [0.2, 0.25) is 5.91 Å². The van der Waals surface area contributed by atoms with Gasteiger partial charge in [-0.25, -0.2) is 4.79 Å². The van der Waals surface area contributed by atoms with Crippen molar-refractivity contribution < 1.29 is 14.7 Å². The Kier molecular flexibility index (Phi) is 5.89. The van der Waals surface area contributed by atoms with Crippen LogP contribution in [-0.4, -0.2) is 40.2 Å². The summed E-state index contributed by atoms with van der Waals surface area (Å²) in [4.78, 5) is 26.2. The molecule has 1 N–H and O–H groups in total. The molecule has 1 heterocycles. The lowest BCUT2D eigenvalue weighted by Gasteiger charge is -2.25. The summed E-state index contributed by atoms with van der Waals surface area (Å²) in [6.45, 7) is 5.01. The molecule has 2 rings (SSSR count). The Morgan fingerprint density at radius 2 is 2.00 bits per heavy atom. The zero-order chi connectivity index (χ0) is 16.1. The van der Waals surface area contributed by atoms with Crippen molar-refractivity contribution in [1.29, 1.82) is 0 Å². The van der Waals surface area contributed by atoms with Gasteiger partial charge in [-0.2, -0.15) is 0 Å². The van der Waals surface area contributed by atoms with Crippen LogP contribution >= 0.6 is 11.8 Å². The van der Waals surface area contributed by atoms with Gasteiger partial charge in [0.1, 0.15) is 0 Å². The van der Waals surface area contributed by atoms with Crippen LogP contribution < -0.4 is 0 Å². The van der Waals surface area contributed by atoms with Crippen LogP contribution in [0, 0.1) is 5.92 Å². The number of benzene rings is 1. The Hall–Kier alpha value is -1.49. The molecule has 5 heteroatoms. The standard InChI is InChI=1S/C17H23NO3S/c1-12(2)10-16(19)18-9-3-4-14(18)11-22-15-7-5-13(6-8-15)17(20)21/h5-8,12,14H,3-4,9-11H2,1-2H3,(H,20,21)/t14-/m0/s1. The van der Waals surface area contributed by atoms with E-state index in [0.717, 1.165) is 30.0 Å². The van der Waals surface area contributed by atoms with Crippen LogP contribution in [0.3, 0.4) is 0 Å². The molecule has 120 valence electrons. The maximum absolute atomic E-state index is 12.2. The molecule has 1 aromatic carbocycles. The van der Waals surface area contributed by atoms with E-state index in [9.17, 15) is 9.59 Å². The third-order valence-corrected chi connectivity index (χ3v) is 4.98. The van der Waals surface area contributed by atoms with Crippen molar-refractivity contribution in [2.75, 3.05) is 12.3 Å². The number of amides is 1. The lowest BCUT2D eigenvalue weighted by molar-refractivity contribution is -0.132. The number of likely N-dealkylation sites (tertiary alicyclic amines) is 1. The Morgan fingerprint density at radius 3 is 2.59 bits per heavy atom. The van der Waals surface area contributed by atoms with E-state index in [0.29, 0.717) is 23.9 Å². The monoisotopic (exact) mass is 321 g/mol. The molecule has 1 saturated heterocycles. The van der Waals surface area contributed by atoms with Crippen molar-refractivity contribution in [2.24, 2.45) is 5.92 Å². The number of carbonyl (C=O) groups is 2. The molecule has 0 radical (unpaired) electrons. The summed E-state index contributed by atoms with van der Waals surface area (Å²) in [5, 5.41) is 8.89. The molecule has 1 aliphatic rings. The van der Waals surface area contributed by atoms with Crippen molar-refractivity contribution >= 4 is 23.6 Å². The highest BCUT2D eigenvalue weighted by molar-refractivity contribution is 7.99. The van der Waals surface area contributed by atoms with Crippen LogP contribution in [0.15, 0.2) is 29.2 Å². The highest BCUT2D eigenvalue weighted by Crippen LogP contribution is 2.27. The number of aromatic carboxylic acids is 1. The lowest BCUT2D eigenvalue weighted by Crippen LogP contribution is -2.37. The van der Waals surface area contributed by atoms with Crippen LogP contribution in [0.5, 0.6) is 0 Å². The third kappa shape index (κ3) is 4.50. The number of thioether (sulfide) groups is 1. The van der Waals surface area contributed by atoms with E-state index in [1.807, 2.05) is 17.0 Å². The number of carbonyl (C=O) groups excluding carboxylic acids is 1. The van der Waals surface area contributed by atoms with E-state index in [1.165, 1.54) is 0 Å². The highest BCUT2D eigenvalue weighted by Gasteiger charge is 2.28. The fourth-order valence-corrected chi connectivity index (χ4v) is 3.75. The minimum Gasteiger partial charge on any atom is -0.478 e. The Balaban J connectivity index is 1.89. The zero-order valence-electron chi connectivity index (χ0n) is 13.1. The summed E-state index contributed by atoms with van der Waals surface area (Å²) >= 11 is 1.69. The van der Waals surface area contributed by atoms with Crippen LogP contribution in [0.4, 0.5) is 0 Å². The predicted molar refractivity (Wildman–Crippen MR) is 88.3 cm³/mol. The van der Waals surface area contributed by atoms with Crippen molar-refractivity contribution in [3.05, 3.63) is 29.8 Å². The van der Waals surface area contributed by atoms with Gasteiger partial charge >= 0.3 is 5.97 Å². The number of carboxylic acid groups (broad SMARTS) is 1. The van der Waals surface area contributed by atoms with E-state index in [4.69, 9.17) is 5.11 Å². The molecule has 1 atom stereocenters. The SMILES string of the molecule is CC(C)CC(=O)N1CCC[C@H]1CSc1ccc(C(=O)O)cc1. The van der Waals surface area contributed by atoms with Gasteiger partial charge in [-0.15, -0.1) is 11.8 Å². The van der Waals surface area contributed by atoms with Crippen LogP contribution in [0.1, 0.15) is 43.5 Å². The lowest BCUT2D eigenvalue weighted by atomic mass is 10.1. The molecule has 0 aromatic heterocycles. The molecule has 1 aliphatic heterocycles. The summed E-state index contributed by atoms with van der Waals surface area (Å²) in [5.74, 6) is 0.623. The topological polar surface area (TPSA) is 57.6 Å². The van der Waals surface area contributed by atoms with Gasteiger partial charge in [-0.1, -0.05) is 13.8 Å². The third-order valence-electron chi connectivity index (χ3n) is 3.82. The normalized spacial score (nSPS) is 18.0. The summed E-state index contributed by atoms with van der Waals surface area (Å²) in [6, 6.07) is 7.23. The van der Waals surface area contributed by atoms with Crippen molar-refractivity contribution in [3.63, 3.8) is 0 Å². The zero-order valence-corrected chi connectivity index (χ0v) is 13.9. The summed E-state index contributed by atoms with van der Waals surface area (Å²) in [7, 11) is 0. The molecule has 1 aromatic rings. The molecular weight excluding hydrogens is 298 g/mol. The molecule has 0 aliphatic carbocycles. The second-order valence-corrected chi connectivity index (χ2v) is 7.22. The van der Waals surface area contributed by atoms with E-state index < -0.39 is 5.97 Å². The van der Waals surface area contributed by atoms with Crippen LogP contribution in [-0.2, 0) is 4.79 Å². The number of carboxylic acids is 1. The minimum absolute atomic E-state index is 0.263. The predicted octanol–water partition coefficient (Wildman–Crippen LogP) is 3.51. The summed E-state index contributed by atoms with van der Waals surface area (Å²) in [5.41, 5.74) is 0.305. The maximum Gasteiger partial charge on any atom is 0.335 e. The Labute approximate surface area is 135 Å². The van der Waals surface area contributed by atoms with E-state index in [1.54, 1.807) is 23.9 Å². The fraction of sp³-hybridized carbons (Fsp3) is 0.529. The molecule has 4 nitrogen and oxygen atoms in total. The van der Waals surface area contributed by atoms with Gasteiger partial charge in [0.15, 0.2) is 0 Å². The van der Waals surface area contributed by atoms with Gasteiger partial charge in [0, 0.05) is 29.7 Å². The molecule has 1 amide bonds. The van der Waals surface area contributed by atoms with Crippen molar-refractivity contribution in [2.45, 2.75) is 44.0 Å². The van der Waals surface area contributed by atoms with Gasteiger partial charge < -0.3 is 10.0 Å². The molecule has 0 saturated carbocycles. The number of nitrogens with zero attached hydrogens (tertiary/aromatic N) is 1.